The lowest BCUT2D eigenvalue weighted by Gasteiger charge is -2.19. The van der Waals surface area contributed by atoms with Gasteiger partial charge in [-0.2, -0.15) is 0 Å². The summed E-state index contributed by atoms with van der Waals surface area (Å²) in [6.07, 6.45) is 1.68. The van der Waals surface area contributed by atoms with Crippen LogP contribution in [0.15, 0.2) is 30.3 Å². The Balaban J connectivity index is 2.38. The van der Waals surface area contributed by atoms with Crippen LogP contribution in [0.4, 0.5) is 15.9 Å². The van der Waals surface area contributed by atoms with Gasteiger partial charge in [0.05, 0.1) is 5.69 Å². The minimum absolute atomic E-state index is 0.295. The zero-order valence-electron chi connectivity index (χ0n) is 10.9. The summed E-state index contributed by atoms with van der Waals surface area (Å²) in [4.78, 5) is 10.2. The maximum Gasteiger partial charge on any atom is 0.146 e. The molecule has 0 atom stereocenters. The van der Waals surface area contributed by atoms with Gasteiger partial charge in [-0.3, -0.25) is 0 Å². The van der Waals surface area contributed by atoms with Crippen LogP contribution in [-0.4, -0.2) is 17.0 Å². The van der Waals surface area contributed by atoms with Crippen molar-refractivity contribution >= 4 is 23.1 Å². The molecule has 0 saturated heterocycles. The van der Waals surface area contributed by atoms with E-state index < -0.39 is 0 Å². The Labute approximate surface area is 117 Å². The van der Waals surface area contributed by atoms with E-state index in [1.54, 1.807) is 36.2 Å². The first kappa shape index (κ1) is 13.7. The Bertz CT molecular complexity index is 574. The van der Waals surface area contributed by atoms with Crippen molar-refractivity contribution in [2.24, 2.45) is 0 Å². The molecular weight excluding hydrogens is 265 g/mol. The lowest BCUT2D eigenvalue weighted by Crippen LogP contribution is -2.14. The van der Waals surface area contributed by atoms with E-state index in [0.29, 0.717) is 22.5 Å². The molecule has 2 rings (SSSR count). The Kier molecular flexibility index (Phi) is 4.32. The van der Waals surface area contributed by atoms with E-state index in [1.807, 2.05) is 6.92 Å². The first-order chi connectivity index (χ1) is 9.11. The van der Waals surface area contributed by atoms with Gasteiger partial charge in [0.2, 0.25) is 0 Å². The standard InChI is InChI=1S/C14H15ClFN3/c1-3-6-13-17-12(15)9-14(18-13)19(2)11-8-5-4-7-10(11)16/h4-5,7-9H,3,6H2,1-2H3. The van der Waals surface area contributed by atoms with E-state index in [2.05, 4.69) is 9.97 Å². The van der Waals surface area contributed by atoms with Gasteiger partial charge in [-0.25, -0.2) is 14.4 Å². The Morgan fingerprint density at radius 1 is 1.26 bits per heavy atom. The molecule has 0 bridgehead atoms. The third-order valence-electron chi connectivity index (χ3n) is 2.76. The number of halogens is 2. The van der Waals surface area contributed by atoms with Crippen molar-refractivity contribution in [2.75, 3.05) is 11.9 Å². The predicted molar refractivity (Wildman–Crippen MR) is 75.5 cm³/mol. The lowest BCUT2D eigenvalue weighted by molar-refractivity contribution is 0.627. The molecule has 3 nitrogen and oxygen atoms in total. The number of rotatable bonds is 4. The highest BCUT2D eigenvalue weighted by Gasteiger charge is 2.12. The molecule has 2 aromatic rings. The fraction of sp³-hybridized carbons (Fsp3) is 0.286. The van der Waals surface area contributed by atoms with Crippen molar-refractivity contribution in [1.82, 2.24) is 9.97 Å². The molecule has 0 aliphatic heterocycles. The van der Waals surface area contributed by atoms with Gasteiger partial charge in [0.1, 0.15) is 22.6 Å². The second-order valence-corrected chi connectivity index (χ2v) is 4.61. The number of hydrogen-bond acceptors (Lipinski definition) is 3. The third-order valence-corrected chi connectivity index (χ3v) is 2.95. The van der Waals surface area contributed by atoms with Gasteiger partial charge in [-0.15, -0.1) is 0 Å². The molecule has 0 aliphatic carbocycles. The summed E-state index contributed by atoms with van der Waals surface area (Å²) in [7, 11) is 1.76. The van der Waals surface area contributed by atoms with Crippen LogP contribution >= 0.6 is 11.6 Å². The van der Waals surface area contributed by atoms with Crippen LogP contribution in [0.1, 0.15) is 19.2 Å². The second-order valence-electron chi connectivity index (χ2n) is 4.23. The van der Waals surface area contributed by atoms with Crippen LogP contribution in [0.3, 0.4) is 0 Å². The summed E-state index contributed by atoms with van der Waals surface area (Å²) in [6.45, 7) is 2.05. The van der Waals surface area contributed by atoms with Crippen molar-refractivity contribution in [1.29, 1.82) is 0 Å². The van der Waals surface area contributed by atoms with Crippen LogP contribution < -0.4 is 4.90 Å². The number of nitrogens with zero attached hydrogens (tertiary/aromatic N) is 3. The van der Waals surface area contributed by atoms with E-state index in [-0.39, 0.29) is 5.82 Å². The first-order valence-electron chi connectivity index (χ1n) is 6.13. The molecule has 0 N–H and O–H groups in total. The summed E-state index contributed by atoms with van der Waals surface area (Å²) in [5, 5.41) is 0.372. The highest BCUT2D eigenvalue weighted by Crippen LogP contribution is 2.26. The molecule has 0 fully saturated rings. The average molecular weight is 280 g/mol. The van der Waals surface area contributed by atoms with Gasteiger partial charge in [0.15, 0.2) is 0 Å². The van der Waals surface area contributed by atoms with E-state index in [0.717, 1.165) is 12.8 Å². The van der Waals surface area contributed by atoms with Crippen LogP contribution in [0.5, 0.6) is 0 Å². The number of para-hydroxylation sites is 1. The van der Waals surface area contributed by atoms with Crippen molar-refractivity contribution in [3.8, 4) is 0 Å². The molecule has 0 amide bonds. The van der Waals surface area contributed by atoms with E-state index in [4.69, 9.17) is 11.6 Å². The van der Waals surface area contributed by atoms with Crippen molar-refractivity contribution in [2.45, 2.75) is 19.8 Å². The molecule has 19 heavy (non-hydrogen) atoms. The van der Waals surface area contributed by atoms with Crippen LogP contribution in [0, 0.1) is 5.82 Å². The molecule has 0 radical (unpaired) electrons. The molecule has 0 saturated carbocycles. The normalized spacial score (nSPS) is 10.5. The third kappa shape index (κ3) is 3.20. The summed E-state index contributed by atoms with van der Waals surface area (Å²) in [5.41, 5.74) is 0.458. The minimum Gasteiger partial charge on any atom is -0.327 e. The lowest BCUT2D eigenvalue weighted by atomic mass is 10.2. The molecule has 5 heteroatoms. The van der Waals surface area contributed by atoms with E-state index >= 15 is 0 Å². The molecule has 0 aliphatic rings. The number of aryl methyl sites for hydroxylation is 1. The minimum atomic E-state index is -0.295. The first-order valence-corrected chi connectivity index (χ1v) is 6.51. The quantitative estimate of drug-likeness (QED) is 0.793. The van der Waals surface area contributed by atoms with Gasteiger partial charge >= 0.3 is 0 Å². The van der Waals surface area contributed by atoms with Crippen molar-refractivity contribution in [3.63, 3.8) is 0 Å². The molecule has 1 aromatic carbocycles. The molecule has 1 aromatic heterocycles. The Morgan fingerprint density at radius 2 is 2.00 bits per heavy atom. The molecule has 0 unspecified atom stereocenters. The average Bonchev–Trinajstić information content (AvgIpc) is 2.38. The van der Waals surface area contributed by atoms with Crippen molar-refractivity contribution < 1.29 is 4.39 Å². The van der Waals surface area contributed by atoms with Gasteiger partial charge in [-0.1, -0.05) is 30.7 Å². The van der Waals surface area contributed by atoms with E-state index in [1.165, 1.54) is 6.07 Å². The number of anilines is 2. The highest BCUT2D eigenvalue weighted by atomic mass is 35.5. The van der Waals surface area contributed by atoms with Crippen LogP contribution in [0.2, 0.25) is 5.15 Å². The maximum absolute atomic E-state index is 13.8. The topological polar surface area (TPSA) is 29.0 Å². The van der Waals surface area contributed by atoms with E-state index in [9.17, 15) is 4.39 Å². The zero-order chi connectivity index (χ0) is 13.8. The maximum atomic E-state index is 13.8. The second kappa shape index (κ2) is 5.97. The molecule has 100 valence electrons. The number of aromatic nitrogens is 2. The number of hydrogen-bond donors (Lipinski definition) is 0. The summed E-state index contributed by atoms with van der Waals surface area (Å²) in [6, 6.07) is 8.19. The Morgan fingerprint density at radius 3 is 2.68 bits per heavy atom. The fourth-order valence-electron chi connectivity index (χ4n) is 1.81. The van der Waals surface area contributed by atoms with Gasteiger partial charge in [0, 0.05) is 19.5 Å². The fourth-order valence-corrected chi connectivity index (χ4v) is 2.00. The molecule has 0 spiro atoms. The van der Waals surface area contributed by atoms with Gasteiger partial charge < -0.3 is 4.90 Å². The zero-order valence-corrected chi connectivity index (χ0v) is 11.7. The largest absolute Gasteiger partial charge is 0.327 e. The predicted octanol–water partition coefficient (Wildman–Crippen LogP) is 3.99. The molecule has 1 heterocycles. The summed E-state index contributed by atoms with van der Waals surface area (Å²) >= 11 is 5.99. The Hall–Kier alpha value is -1.68. The van der Waals surface area contributed by atoms with Crippen molar-refractivity contribution in [3.05, 3.63) is 47.1 Å². The van der Waals surface area contributed by atoms with Crippen LogP contribution in [0.25, 0.3) is 0 Å². The summed E-state index contributed by atoms with van der Waals surface area (Å²) < 4.78 is 13.8. The SMILES string of the molecule is CCCc1nc(Cl)cc(N(C)c2ccccc2F)n1. The van der Waals surface area contributed by atoms with Crippen LogP contribution in [-0.2, 0) is 6.42 Å². The summed E-state index contributed by atoms with van der Waals surface area (Å²) in [5.74, 6) is 0.971. The smallest absolute Gasteiger partial charge is 0.146 e. The monoisotopic (exact) mass is 279 g/mol. The van der Waals surface area contributed by atoms with Gasteiger partial charge in [-0.05, 0) is 18.6 Å². The van der Waals surface area contributed by atoms with Gasteiger partial charge in [0.25, 0.3) is 0 Å². The molecular formula is C14H15ClFN3. The highest BCUT2D eigenvalue weighted by molar-refractivity contribution is 6.29. The number of benzene rings is 1.